The van der Waals surface area contributed by atoms with Crippen molar-refractivity contribution in [3.8, 4) is 0 Å². The Labute approximate surface area is 125 Å². The Hall–Kier alpha value is -0.970. The average molecular weight is 339 g/mol. The van der Waals surface area contributed by atoms with Gasteiger partial charge in [-0.3, -0.25) is 4.79 Å². The molecule has 0 fully saturated rings. The van der Waals surface area contributed by atoms with Crippen molar-refractivity contribution >= 4 is 33.0 Å². The lowest BCUT2D eigenvalue weighted by Crippen LogP contribution is -2.07. The molecule has 0 amide bonds. The van der Waals surface area contributed by atoms with Crippen LogP contribution in [-0.4, -0.2) is 12.4 Å². The molecular formula is C15H15BrO2S. The van der Waals surface area contributed by atoms with Gasteiger partial charge in [-0.15, -0.1) is 11.3 Å². The largest absolute Gasteiger partial charge is 0.369 e. The van der Waals surface area contributed by atoms with E-state index in [1.807, 2.05) is 36.4 Å². The van der Waals surface area contributed by atoms with Crippen LogP contribution in [0.5, 0.6) is 0 Å². The van der Waals surface area contributed by atoms with Crippen LogP contribution in [-0.2, 0) is 17.8 Å². The zero-order valence-corrected chi connectivity index (χ0v) is 13.1. The highest BCUT2D eigenvalue weighted by atomic mass is 79.9. The normalized spacial score (nSPS) is 10.6. The standard InChI is InChI=1S/C15H15BrO2S/c1-2-13-6-7-15(19-13)14(17)10-18-9-11-4-3-5-12(16)8-11/h3-8H,2,9-10H2,1H3. The molecule has 4 heteroatoms. The fourth-order valence-electron chi connectivity index (χ4n) is 1.68. The number of ketones is 1. The van der Waals surface area contributed by atoms with E-state index >= 15 is 0 Å². The molecule has 2 nitrogen and oxygen atoms in total. The average Bonchev–Trinajstić information content (AvgIpc) is 2.87. The van der Waals surface area contributed by atoms with Crippen LogP contribution in [0.3, 0.4) is 0 Å². The second-order valence-corrected chi connectivity index (χ2v) is 6.25. The van der Waals surface area contributed by atoms with Crippen molar-refractivity contribution in [2.24, 2.45) is 0 Å². The zero-order chi connectivity index (χ0) is 13.7. The lowest BCUT2D eigenvalue weighted by Gasteiger charge is -2.03. The number of thiophene rings is 1. The van der Waals surface area contributed by atoms with Crippen LogP contribution in [0.15, 0.2) is 40.9 Å². The van der Waals surface area contributed by atoms with E-state index in [0.29, 0.717) is 6.61 Å². The van der Waals surface area contributed by atoms with Crippen LogP contribution in [0.1, 0.15) is 27.0 Å². The van der Waals surface area contributed by atoms with Gasteiger partial charge in [-0.2, -0.15) is 0 Å². The number of aryl methyl sites for hydroxylation is 1. The van der Waals surface area contributed by atoms with E-state index in [-0.39, 0.29) is 12.4 Å². The van der Waals surface area contributed by atoms with Crippen molar-refractivity contribution < 1.29 is 9.53 Å². The van der Waals surface area contributed by atoms with Crippen LogP contribution < -0.4 is 0 Å². The lowest BCUT2D eigenvalue weighted by molar-refractivity contribution is 0.0730. The molecule has 0 aliphatic heterocycles. The summed E-state index contributed by atoms with van der Waals surface area (Å²) in [5.41, 5.74) is 1.06. The van der Waals surface area contributed by atoms with Crippen molar-refractivity contribution in [2.75, 3.05) is 6.61 Å². The Morgan fingerprint density at radius 3 is 2.84 bits per heavy atom. The zero-order valence-electron chi connectivity index (χ0n) is 10.7. The minimum Gasteiger partial charge on any atom is -0.369 e. The molecule has 1 aromatic heterocycles. The topological polar surface area (TPSA) is 26.3 Å². The van der Waals surface area contributed by atoms with E-state index in [9.17, 15) is 4.79 Å². The third kappa shape index (κ3) is 4.27. The van der Waals surface area contributed by atoms with Crippen LogP contribution >= 0.6 is 27.3 Å². The molecule has 0 unspecified atom stereocenters. The van der Waals surface area contributed by atoms with Gasteiger partial charge in [0.2, 0.25) is 0 Å². The summed E-state index contributed by atoms with van der Waals surface area (Å²) in [6, 6.07) is 11.8. The third-order valence-electron chi connectivity index (χ3n) is 2.68. The van der Waals surface area contributed by atoms with Gasteiger partial charge in [0.15, 0.2) is 5.78 Å². The summed E-state index contributed by atoms with van der Waals surface area (Å²) in [4.78, 5) is 13.9. The fourth-order valence-corrected chi connectivity index (χ4v) is 3.00. The highest BCUT2D eigenvalue weighted by Crippen LogP contribution is 2.18. The maximum Gasteiger partial charge on any atom is 0.198 e. The van der Waals surface area contributed by atoms with Gasteiger partial charge in [0, 0.05) is 9.35 Å². The number of hydrogen-bond acceptors (Lipinski definition) is 3. The molecule has 19 heavy (non-hydrogen) atoms. The Balaban J connectivity index is 1.84. The molecule has 0 N–H and O–H groups in total. The van der Waals surface area contributed by atoms with E-state index in [0.717, 1.165) is 21.3 Å². The SMILES string of the molecule is CCc1ccc(C(=O)COCc2cccc(Br)c2)s1. The van der Waals surface area contributed by atoms with E-state index < -0.39 is 0 Å². The molecule has 100 valence electrons. The quantitative estimate of drug-likeness (QED) is 0.726. The van der Waals surface area contributed by atoms with Crippen LogP contribution in [0.4, 0.5) is 0 Å². The van der Waals surface area contributed by atoms with Gasteiger partial charge in [0.1, 0.15) is 6.61 Å². The Kier molecular flexibility index (Phi) is 5.31. The second-order valence-electron chi connectivity index (χ2n) is 4.17. The summed E-state index contributed by atoms with van der Waals surface area (Å²) >= 11 is 4.96. The van der Waals surface area contributed by atoms with Gasteiger partial charge in [-0.25, -0.2) is 0 Å². The lowest BCUT2D eigenvalue weighted by atomic mass is 10.2. The maximum atomic E-state index is 11.9. The summed E-state index contributed by atoms with van der Waals surface area (Å²) in [5, 5.41) is 0. The van der Waals surface area contributed by atoms with E-state index in [1.165, 1.54) is 4.88 Å². The molecule has 1 heterocycles. The van der Waals surface area contributed by atoms with Gasteiger partial charge in [-0.05, 0) is 36.2 Å². The highest BCUT2D eigenvalue weighted by Gasteiger charge is 2.09. The first-order valence-electron chi connectivity index (χ1n) is 6.13. The summed E-state index contributed by atoms with van der Waals surface area (Å²) in [5.74, 6) is 0.0553. The first kappa shape index (κ1) is 14.4. The highest BCUT2D eigenvalue weighted by molar-refractivity contribution is 9.10. The van der Waals surface area contributed by atoms with Gasteiger partial charge in [-0.1, -0.05) is 35.0 Å². The molecule has 2 aromatic rings. The van der Waals surface area contributed by atoms with E-state index in [4.69, 9.17) is 4.74 Å². The van der Waals surface area contributed by atoms with Crippen molar-refractivity contribution in [1.82, 2.24) is 0 Å². The molecule has 0 saturated carbocycles. The van der Waals surface area contributed by atoms with E-state index in [2.05, 4.69) is 22.9 Å². The molecule has 0 aliphatic rings. The monoisotopic (exact) mass is 338 g/mol. The Morgan fingerprint density at radius 2 is 2.16 bits per heavy atom. The number of carbonyl (C=O) groups is 1. The first-order valence-corrected chi connectivity index (χ1v) is 7.74. The minimum atomic E-state index is 0.0553. The minimum absolute atomic E-state index is 0.0553. The van der Waals surface area contributed by atoms with Gasteiger partial charge in [0.25, 0.3) is 0 Å². The number of halogens is 1. The molecule has 0 bridgehead atoms. The predicted molar refractivity (Wildman–Crippen MR) is 81.8 cm³/mol. The number of carbonyl (C=O) groups excluding carboxylic acids is 1. The summed E-state index contributed by atoms with van der Waals surface area (Å²) < 4.78 is 6.49. The van der Waals surface area contributed by atoms with E-state index in [1.54, 1.807) is 11.3 Å². The van der Waals surface area contributed by atoms with Crippen molar-refractivity contribution in [2.45, 2.75) is 20.0 Å². The number of hydrogen-bond donors (Lipinski definition) is 0. The number of Topliss-reactive ketones (excluding diaryl/α,β-unsaturated/α-hetero) is 1. The van der Waals surface area contributed by atoms with Crippen LogP contribution in [0, 0.1) is 0 Å². The molecule has 0 radical (unpaired) electrons. The molecule has 2 rings (SSSR count). The van der Waals surface area contributed by atoms with Crippen molar-refractivity contribution in [1.29, 1.82) is 0 Å². The summed E-state index contributed by atoms with van der Waals surface area (Å²) in [7, 11) is 0. The molecule has 0 saturated heterocycles. The number of benzene rings is 1. The van der Waals surface area contributed by atoms with Gasteiger partial charge < -0.3 is 4.74 Å². The number of rotatable bonds is 6. The molecule has 1 aromatic carbocycles. The number of ether oxygens (including phenoxy) is 1. The Bertz CT molecular complexity index is 563. The second kappa shape index (κ2) is 6.98. The molecule has 0 aliphatic carbocycles. The molecule has 0 spiro atoms. The first-order chi connectivity index (χ1) is 9.19. The molecular weight excluding hydrogens is 324 g/mol. The molecule has 0 atom stereocenters. The smallest absolute Gasteiger partial charge is 0.198 e. The maximum absolute atomic E-state index is 11.9. The third-order valence-corrected chi connectivity index (χ3v) is 4.44. The fraction of sp³-hybridized carbons (Fsp3) is 0.267. The van der Waals surface area contributed by atoms with Crippen molar-refractivity contribution in [3.63, 3.8) is 0 Å². The summed E-state index contributed by atoms with van der Waals surface area (Å²) in [6.07, 6.45) is 0.969. The van der Waals surface area contributed by atoms with Crippen molar-refractivity contribution in [3.05, 3.63) is 56.2 Å². The van der Waals surface area contributed by atoms with Crippen LogP contribution in [0.2, 0.25) is 0 Å². The van der Waals surface area contributed by atoms with Gasteiger partial charge in [0.05, 0.1) is 11.5 Å². The summed E-state index contributed by atoms with van der Waals surface area (Å²) in [6.45, 7) is 2.68. The van der Waals surface area contributed by atoms with Gasteiger partial charge >= 0.3 is 0 Å². The predicted octanol–water partition coefficient (Wildman–Crippen LogP) is 4.47. The Morgan fingerprint density at radius 1 is 1.32 bits per heavy atom. The van der Waals surface area contributed by atoms with Crippen LogP contribution in [0.25, 0.3) is 0 Å².